The molecule has 0 unspecified atom stereocenters. The van der Waals surface area contributed by atoms with Gasteiger partial charge >= 0.3 is 0 Å². The zero-order chi connectivity index (χ0) is 22.0. The predicted octanol–water partition coefficient (Wildman–Crippen LogP) is 3.38. The van der Waals surface area contributed by atoms with Crippen LogP contribution in [0.3, 0.4) is 0 Å². The Hall–Kier alpha value is -2.76. The Bertz CT molecular complexity index is 930. The normalized spacial score (nSPS) is 19.6. The Labute approximate surface area is 184 Å². The van der Waals surface area contributed by atoms with Crippen LogP contribution in [0.2, 0.25) is 0 Å². The first-order valence-corrected chi connectivity index (χ1v) is 11.4. The van der Waals surface area contributed by atoms with Gasteiger partial charge in [0, 0.05) is 49.0 Å². The number of likely N-dealkylation sites (tertiary alicyclic amines) is 2. The van der Waals surface area contributed by atoms with E-state index in [1.807, 2.05) is 60.9 Å². The first-order chi connectivity index (χ1) is 14.9. The van der Waals surface area contributed by atoms with Crippen LogP contribution in [-0.4, -0.2) is 57.8 Å². The molecule has 0 aliphatic carbocycles. The number of amides is 2. The molecule has 2 atom stereocenters. The van der Waals surface area contributed by atoms with Crippen LogP contribution in [0.5, 0.6) is 0 Å². The Kier molecular flexibility index (Phi) is 6.35. The van der Waals surface area contributed by atoms with Gasteiger partial charge in [-0.15, -0.1) is 0 Å². The lowest BCUT2D eigenvalue weighted by atomic mass is 10.00. The number of hydrogen-bond donors (Lipinski definition) is 0. The van der Waals surface area contributed by atoms with Crippen molar-refractivity contribution in [3.05, 3.63) is 58.7 Å². The number of hydrogen-bond acceptors (Lipinski definition) is 4. The fourth-order valence-corrected chi connectivity index (χ4v) is 4.76. The highest BCUT2D eigenvalue weighted by molar-refractivity contribution is 5.83. The van der Waals surface area contributed by atoms with Crippen LogP contribution < -0.4 is 0 Å². The fraction of sp³-hybridized carbons (Fsp3) is 0.520. The lowest BCUT2D eigenvalue weighted by Crippen LogP contribution is -2.32. The van der Waals surface area contributed by atoms with Crippen LogP contribution in [-0.2, 0) is 16.0 Å². The van der Waals surface area contributed by atoms with Crippen molar-refractivity contribution in [2.24, 2.45) is 0 Å². The number of carbonyl (C=O) groups excluding carboxylic acids is 2. The third kappa shape index (κ3) is 4.63. The molecular formula is C25H32N4O2. The summed E-state index contributed by atoms with van der Waals surface area (Å²) in [4.78, 5) is 39.0. The van der Waals surface area contributed by atoms with Gasteiger partial charge in [-0.1, -0.05) is 30.3 Å². The Morgan fingerprint density at radius 1 is 1.00 bits per heavy atom. The van der Waals surface area contributed by atoms with Crippen molar-refractivity contribution in [2.75, 3.05) is 26.2 Å². The minimum absolute atomic E-state index is 0.146. The molecular weight excluding hydrogens is 388 g/mol. The van der Waals surface area contributed by atoms with Crippen molar-refractivity contribution in [1.82, 2.24) is 19.8 Å². The fourth-order valence-electron chi connectivity index (χ4n) is 4.76. The van der Waals surface area contributed by atoms with Crippen molar-refractivity contribution >= 4 is 11.8 Å². The Morgan fingerprint density at radius 2 is 1.65 bits per heavy atom. The standard InChI is InChI=1S/C25H32N4O2/c1-17(20-9-5-4-6-10-20)25(31)29-14-11-21(16-29)24-26-18(2)22(19(3)27-24)15-23(30)28-12-7-8-13-28/h4-6,9-10,17,21H,7-8,11-16H2,1-3H3/t17-,21+/m1/s1. The molecule has 6 heteroatoms. The average molecular weight is 421 g/mol. The van der Waals surface area contributed by atoms with Crippen molar-refractivity contribution in [3.63, 3.8) is 0 Å². The quantitative estimate of drug-likeness (QED) is 0.744. The first kappa shape index (κ1) is 21.5. The zero-order valence-corrected chi connectivity index (χ0v) is 18.8. The van der Waals surface area contributed by atoms with Crippen molar-refractivity contribution in [3.8, 4) is 0 Å². The lowest BCUT2D eigenvalue weighted by Gasteiger charge is -2.21. The zero-order valence-electron chi connectivity index (χ0n) is 18.8. The van der Waals surface area contributed by atoms with E-state index in [1.54, 1.807) is 0 Å². The molecule has 1 aromatic heterocycles. The molecule has 6 nitrogen and oxygen atoms in total. The maximum absolute atomic E-state index is 13.0. The summed E-state index contributed by atoms with van der Waals surface area (Å²) in [5.41, 5.74) is 3.77. The SMILES string of the molecule is Cc1nc([C@H]2CCN(C(=O)[C@H](C)c3ccccc3)C2)nc(C)c1CC(=O)N1CCCC1. The van der Waals surface area contributed by atoms with Gasteiger partial charge < -0.3 is 9.80 Å². The second-order valence-electron chi connectivity index (χ2n) is 8.90. The molecule has 2 aromatic rings. The number of nitrogens with zero attached hydrogens (tertiary/aromatic N) is 4. The lowest BCUT2D eigenvalue weighted by molar-refractivity contribution is -0.131. The molecule has 3 heterocycles. The van der Waals surface area contributed by atoms with Gasteiger partial charge in [0.15, 0.2) is 0 Å². The molecule has 2 amide bonds. The Balaban J connectivity index is 1.43. The van der Waals surface area contributed by atoms with Gasteiger partial charge in [0.1, 0.15) is 5.82 Å². The van der Waals surface area contributed by atoms with E-state index in [4.69, 9.17) is 9.97 Å². The molecule has 4 rings (SSSR count). The van der Waals surface area contributed by atoms with Gasteiger partial charge in [-0.05, 0) is 45.6 Å². The number of aromatic nitrogens is 2. The van der Waals surface area contributed by atoms with E-state index in [2.05, 4.69) is 0 Å². The molecule has 2 aliphatic heterocycles. The van der Waals surface area contributed by atoms with E-state index in [-0.39, 0.29) is 23.7 Å². The molecule has 2 aliphatic rings. The monoisotopic (exact) mass is 420 g/mol. The highest BCUT2D eigenvalue weighted by Crippen LogP contribution is 2.29. The molecule has 0 spiro atoms. The van der Waals surface area contributed by atoms with Crippen LogP contribution >= 0.6 is 0 Å². The van der Waals surface area contributed by atoms with Crippen LogP contribution in [0, 0.1) is 13.8 Å². The van der Waals surface area contributed by atoms with Crippen LogP contribution in [0.1, 0.15) is 66.4 Å². The van der Waals surface area contributed by atoms with E-state index < -0.39 is 0 Å². The van der Waals surface area contributed by atoms with E-state index in [0.29, 0.717) is 13.0 Å². The molecule has 1 aromatic carbocycles. The van der Waals surface area contributed by atoms with E-state index in [0.717, 1.165) is 67.2 Å². The van der Waals surface area contributed by atoms with Crippen LogP contribution in [0.25, 0.3) is 0 Å². The van der Waals surface area contributed by atoms with Crippen molar-refractivity contribution < 1.29 is 9.59 Å². The summed E-state index contributed by atoms with van der Waals surface area (Å²) in [5.74, 6) is 1.13. The summed E-state index contributed by atoms with van der Waals surface area (Å²) in [6, 6.07) is 9.93. The summed E-state index contributed by atoms with van der Waals surface area (Å²) in [6.45, 7) is 9.03. The molecule has 31 heavy (non-hydrogen) atoms. The average Bonchev–Trinajstić information content (AvgIpc) is 3.48. The number of benzene rings is 1. The van der Waals surface area contributed by atoms with Crippen LogP contribution in [0.4, 0.5) is 0 Å². The summed E-state index contributed by atoms with van der Waals surface area (Å²) >= 11 is 0. The summed E-state index contributed by atoms with van der Waals surface area (Å²) in [6.07, 6.45) is 3.44. The van der Waals surface area contributed by atoms with Gasteiger partial charge in [-0.25, -0.2) is 9.97 Å². The van der Waals surface area contributed by atoms with Gasteiger partial charge in [0.2, 0.25) is 11.8 Å². The summed E-state index contributed by atoms with van der Waals surface area (Å²) in [7, 11) is 0. The topological polar surface area (TPSA) is 66.4 Å². The number of carbonyl (C=O) groups is 2. The minimum atomic E-state index is -0.150. The summed E-state index contributed by atoms with van der Waals surface area (Å²) < 4.78 is 0. The molecule has 164 valence electrons. The number of aryl methyl sites for hydroxylation is 2. The second kappa shape index (κ2) is 9.16. The third-order valence-corrected chi connectivity index (χ3v) is 6.76. The van der Waals surface area contributed by atoms with E-state index >= 15 is 0 Å². The summed E-state index contributed by atoms with van der Waals surface area (Å²) in [5, 5.41) is 0. The van der Waals surface area contributed by atoms with Gasteiger partial charge in [0.25, 0.3) is 0 Å². The predicted molar refractivity (Wildman–Crippen MR) is 120 cm³/mol. The number of rotatable bonds is 5. The smallest absolute Gasteiger partial charge is 0.229 e. The van der Waals surface area contributed by atoms with Gasteiger partial charge in [0.05, 0.1) is 12.3 Å². The highest BCUT2D eigenvalue weighted by Gasteiger charge is 2.32. The maximum Gasteiger partial charge on any atom is 0.229 e. The van der Waals surface area contributed by atoms with Crippen LogP contribution in [0.15, 0.2) is 30.3 Å². The first-order valence-electron chi connectivity index (χ1n) is 11.4. The third-order valence-electron chi connectivity index (χ3n) is 6.76. The Morgan fingerprint density at radius 3 is 2.29 bits per heavy atom. The highest BCUT2D eigenvalue weighted by atomic mass is 16.2. The molecule has 0 radical (unpaired) electrons. The molecule has 2 saturated heterocycles. The molecule has 0 saturated carbocycles. The molecule has 0 N–H and O–H groups in total. The van der Waals surface area contributed by atoms with Crippen molar-refractivity contribution in [2.45, 2.75) is 58.3 Å². The van der Waals surface area contributed by atoms with Crippen molar-refractivity contribution in [1.29, 1.82) is 0 Å². The molecule has 2 fully saturated rings. The molecule has 0 bridgehead atoms. The van der Waals surface area contributed by atoms with E-state index in [9.17, 15) is 9.59 Å². The van der Waals surface area contributed by atoms with E-state index in [1.165, 1.54) is 0 Å². The minimum Gasteiger partial charge on any atom is -0.342 e. The van der Waals surface area contributed by atoms with Gasteiger partial charge in [-0.2, -0.15) is 0 Å². The second-order valence-corrected chi connectivity index (χ2v) is 8.90. The maximum atomic E-state index is 13.0. The van der Waals surface area contributed by atoms with Gasteiger partial charge in [-0.3, -0.25) is 9.59 Å². The largest absolute Gasteiger partial charge is 0.342 e.